The molecule has 0 saturated heterocycles. The van der Waals surface area contributed by atoms with Crippen molar-refractivity contribution in [3.8, 4) is 0 Å². The van der Waals surface area contributed by atoms with Crippen molar-refractivity contribution in [2.45, 2.75) is 12.5 Å². The molecular weight excluding hydrogens is 445 g/mol. The average Bonchev–Trinajstić information content (AvgIpc) is 2.50. The van der Waals surface area contributed by atoms with Gasteiger partial charge in [0, 0.05) is 8.04 Å². The van der Waals surface area contributed by atoms with E-state index in [4.69, 9.17) is 0 Å². The van der Waals surface area contributed by atoms with Crippen LogP contribution in [0, 0.1) is 3.57 Å². The Bertz CT molecular complexity index is 619. The third kappa shape index (κ3) is 4.79. The predicted octanol–water partition coefficient (Wildman–Crippen LogP) is 3.39. The molecule has 0 saturated carbocycles. The fraction of sp³-hybridized carbons (Fsp3) is 0.188. The standard InChI is InChI=1S/C16H15BrINO2/c17-12-6-7-15(18)14(9-12)16(21)19-13(10-20)8-11-4-2-1-3-5-11/h1-7,9,13,20H,8,10H2,(H,19,21). The predicted molar refractivity (Wildman–Crippen MR) is 95.3 cm³/mol. The summed E-state index contributed by atoms with van der Waals surface area (Å²) in [4.78, 5) is 12.3. The Labute approximate surface area is 146 Å². The van der Waals surface area contributed by atoms with Crippen molar-refractivity contribution in [2.75, 3.05) is 6.61 Å². The number of benzene rings is 2. The minimum Gasteiger partial charge on any atom is -0.394 e. The van der Waals surface area contributed by atoms with Crippen molar-refractivity contribution in [1.29, 1.82) is 0 Å². The maximum Gasteiger partial charge on any atom is 0.252 e. The molecule has 0 aromatic heterocycles. The van der Waals surface area contributed by atoms with Gasteiger partial charge >= 0.3 is 0 Å². The van der Waals surface area contributed by atoms with Crippen LogP contribution < -0.4 is 5.32 Å². The fourth-order valence-electron chi connectivity index (χ4n) is 1.99. The van der Waals surface area contributed by atoms with Gasteiger partial charge in [-0.3, -0.25) is 4.79 Å². The molecule has 0 aliphatic rings. The summed E-state index contributed by atoms with van der Waals surface area (Å²) in [6.45, 7) is -0.0920. The Morgan fingerprint density at radius 3 is 2.62 bits per heavy atom. The SMILES string of the molecule is O=C(NC(CO)Cc1ccccc1)c1cc(Br)ccc1I. The van der Waals surface area contributed by atoms with E-state index in [1.54, 1.807) is 6.07 Å². The zero-order chi connectivity index (χ0) is 15.2. The van der Waals surface area contributed by atoms with E-state index in [0.717, 1.165) is 13.6 Å². The van der Waals surface area contributed by atoms with Gasteiger partial charge in [0.25, 0.3) is 5.91 Å². The lowest BCUT2D eigenvalue weighted by Crippen LogP contribution is -2.39. The van der Waals surface area contributed by atoms with Crippen LogP contribution in [-0.4, -0.2) is 23.7 Å². The highest BCUT2D eigenvalue weighted by molar-refractivity contribution is 14.1. The topological polar surface area (TPSA) is 49.3 Å². The van der Waals surface area contributed by atoms with Crippen LogP contribution in [0.4, 0.5) is 0 Å². The Balaban J connectivity index is 2.07. The molecule has 0 aliphatic heterocycles. The molecule has 1 amide bonds. The first-order valence-electron chi connectivity index (χ1n) is 6.51. The number of carbonyl (C=O) groups excluding carboxylic acids is 1. The summed E-state index contributed by atoms with van der Waals surface area (Å²) in [5.41, 5.74) is 1.69. The summed E-state index contributed by atoms with van der Waals surface area (Å²) < 4.78 is 1.74. The summed E-state index contributed by atoms with van der Waals surface area (Å²) in [7, 11) is 0. The van der Waals surface area contributed by atoms with Gasteiger partial charge in [0.15, 0.2) is 0 Å². The molecule has 1 atom stereocenters. The number of hydrogen-bond donors (Lipinski definition) is 2. The summed E-state index contributed by atoms with van der Waals surface area (Å²) in [5.74, 6) is -0.171. The molecule has 3 nitrogen and oxygen atoms in total. The van der Waals surface area contributed by atoms with Gasteiger partial charge in [0.05, 0.1) is 18.2 Å². The van der Waals surface area contributed by atoms with E-state index in [-0.39, 0.29) is 18.6 Å². The number of hydrogen-bond acceptors (Lipinski definition) is 2. The van der Waals surface area contributed by atoms with E-state index in [2.05, 4.69) is 43.8 Å². The second-order valence-electron chi connectivity index (χ2n) is 4.67. The van der Waals surface area contributed by atoms with Gasteiger partial charge < -0.3 is 10.4 Å². The Kier molecular flexibility index (Phi) is 6.20. The van der Waals surface area contributed by atoms with Crippen LogP contribution in [0.25, 0.3) is 0 Å². The highest BCUT2D eigenvalue weighted by Crippen LogP contribution is 2.18. The van der Waals surface area contributed by atoms with Crippen LogP contribution in [0.2, 0.25) is 0 Å². The number of amides is 1. The highest BCUT2D eigenvalue weighted by Gasteiger charge is 2.16. The molecule has 110 valence electrons. The Hall–Kier alpha value is -0.920. The number of aliphatic hydroxyl groups excluding tert-OH is 1. The summed E-state index contributed by atoms with van der Waals surface area (Å²) in [6, 6.07) is 15.1. The molecule has 2 aromatic rings. The molecule has 21 heavy (non-hydrogen) atoms. The molecule has 0 spiro atoms. The molecule has 1 unspecified atom stereocenters. The average molecular weight is 460 g/mol. The third-order valence-corrected chi connectivity index (χ3v) is 4.49. The van der Waals surface area contributed by atoms with Crippen LogP contribution in [0.1, 0.15) is 15.9 Å². The number of aliphatic hydroxyl groups is 1. The van der Waals surface area contributed by atoms with E-state index < -0.39 is 0 Å². The van der Waals surface area contributed by atoms with Crippen LogP contribution in [-0.2, 0) is 6.42 Å². The molecule has 0 radical (unpaired) electrons. The normalized spacial score (nSPS) is 12.0. The van der Waals surface area contributed by atoms with Crippen molar-refractivity contribution < 1.29 is 9.90 Å². The van der Waals surface area contributed by atoms with E-state index >= 15 is 0 Å². The summed E-state index contributed by atoms with van der Waals surface area (Å²) in [6.07, 6.45) is 0.605. The molecule has 0 heterocycles. The zero-order valence-electron chi connectivity index (χ0n) is 11.2. The summed E-state index contributed by atoms with van der Waals surface area (Å²) >= 11 is 5.50. The third-order valence-electron chi connectivity index (χ3n) is 3.05. The first-order valence-corrected chi connectivity index (χ1v) is 8.38. The number of rotatable bonds is 5. The fourth-order valence-corrected chi connectivity index (χ4v) is 2.94. The second-order valence-corrected chi connectivity index (χ2v) is 6.74. The van der Waals surface area contributed by atoms with E-state index in [1.807, 2.05) is 42.5 Å². The van der Waals surface area contributed by atoms with Crippen molar-refractivity contribution in [3.05, 3.63) is 67.7 Å². The molecule has 0 bridgehead atoms. The zero-order valence-corrected chi connectivity index (χ0v) is 15.0. The minimum atomic E-state index is -0.297. The van der Waals surface area contributed by atoms with Gasteiger partial charge in [-0.25, -0.2) is 0 Å². The van der Waals surface area contributed by atoms with Crippen molar-refractivity contribution in [1.82, 2.24) is 5.32 Å². The van der Waals surface area contributed by atoms with Crippen LogP contribution >= 0.6 is 38.5 Å². The monoisotopic (exact) mass is 459 g/mol. The van der Waals surface area contributed by atoms with E-state index in [0.29, 0.717) is 12.0 Å². The van der Waals surface area contributed by atoms with Gasteiger partial charge in [-0.1, -0.05) is 46.3 Å². The maximum atomic E-state index is 12.3. The smallest absolute Gasteiger partial charge is 0.252 e. The number of carbonyl (C=O) groups is 1. The first-order chi connectivity index (χ1) is 10.1. The molecule has 0 aliphatic carbocycles. The molecule has 5 heteroatoms. The summed E-state index contributed by atoms with van der Waals surface area (Å²) in [5, 5.41) is 12.4. The van der Waals surface area contributed by atoms with Gasteiger partial charge in [-0.2, -0.15) is 0 Å². The lowest BCUT2D eigenvalue weighted by Gasteiger charge is -2.17. The molecule has 2 N–H and O–H groups in total. The maximum absolute atomic E-state index is 12.3. The first kappa shape index (κ1) is 16.5. The second kappa shape index (κ2) is 7.91. The largest absolute Gasteiger partial charge is 0.394 e. The van der Waals surface area contributed by atoms with Crippen LogP contribution in [0.5, 0.6) is 0 Å². The van der Waals surface area contributed by atoms with Crippen molar-refractivity contribution >= 4 is 44.4 Å². The lowest BCUT2D eigenvalue weighted by atomic mass is 10.1. The van der Waals surface area contributed by atoms with Gasteiger partial charge in [0.2, 0.25) is 0 Å². The molecule has 2 rings (SSSR count). The van der Waals surface area contributed by atoms with Crippen molar-refractivity contribution in [3.63, 3.8) is 0 Å². The Morgan fingerprint density at radius 1 is 1.24 bits per heavy atom. The molecular formula is C16H15BrINO2. The highest BCUT2D eigenvalue weighted by atomic mass is 127. The number of nitrogens with one attached hydrogen (secondary N) is 1. The molecule has 2 aromatic carbocycles. The van der Waals surface area contributed by atoms with Crippen molar-refractivity contribution in [2.24, 2.45) is 0 Å². The quantitative estimate of drug-likeness (QED) is 0.673. The van der Waals surface area contributed by atoms with E-state index in [1.165, 1.54) is 0 Å². The van der Waals surface area contributed by atoms with Gasteiger partial charge in [-0.05, 0) is 52.8 Å². The Morgan fingerprint density at radius 2 is 1.95 bits per heavy atom. The lowest BCUT2D eigenvalue weighted by molar-refractivity contribution is 0.0915. The van der Waals surface area contributed by atoms with Crippen LogP contribution in [0.15, 0.2) is 53.0 Å². The number of halogens is 2. The molecule has 0 fully saturated rings. The van der Waals surface area contributed by atoms with Gasteiger partial charge in [0.1, 0.15) is 0 Å². The van der Waals surface area contributed by atoms with E-state index in [9.17, 15) is 9.90 Å². The minimum absolute atomic E-state index is 0.0920. The van der Waals surface area contributed by atoms with Crippen LogP contribution in [0.3, 0.4) is 0 Å². The van der Waals surface area contributed by atoms with Gasteiger partial charge in [-0.15, -0.1) is 0 Å².